The molecule has 0 aromatic rings. The maximum Gasteiger partial charge on any atom is 0.307 e. The number of hydrogen-bond donors (Lipinski definition) is 2. The normalized spacial score (nSPS) is 26.4. The smallest absolute Gasteiger partial charge is 0.307 e. The predicted octanol–water partition coefficient (Wildman–Crippen LogP) is 1.27. The van der Waals surface area contributed by atoms with Gasteiger partial charge >= 0.3 is 5.97 Å². The molecular weight excluding hydrogens is 234 g/mol. The average Bonchev–Trinajstić information content (AvgIpc) is 2.82. The largest absolute Gasteiger partial charge is 0.481 e. The number of hydrogen-bond acceptors (Lipinski definition) is 3. The third-order valence-corrected chi connectivity index (χ3v) is 3.73. The molecule has 1 aliphatic rings. The van der Waals surface area contributed by atoms with E-state index in [0.717, 1.165) is 12.8 Å². The molecule has 1 fully saturated rings. The molecule has 1 amide bonds. The lowest BCUT2D eigenvalue weighted by Crippen LogP contribution is -2.39. The molecule has 0 heterocycles. The number of carbonyl (C=O) groups excluding carboxylic acids is 1. The monoisotopic (exact) mass is 257 g/mol. The molecule has 0 aromatic heterocycles. The minimum Gasteiger partial charge on any atom is -0.481 e. The first-order valence-electron chi connectivity index (χ1n) is 6.38. The van der Waals surface area contributed by atoms with Crippen LogP contribution in [0, 0.1) is 17.3 Å². The van der Waals surface area contributed by atoms with E-state index >= 15 is 0 Å². The van der Waals surface area contributed by atoms with Crippen molar-refractivity contribution in [3.05, 3.63) is 0 Å². The first kappa shape index (κ1) is 15.0. The molecule has 0 aliphatic heterocycles. The Morgan fingerprint density at radius 3 is 2.39 bits per heavy atom. The molecule has 18 heavy (non-hydrogen) atoms. The van der Waals surface area contributed by atoms with E-state index < -0.39 is 23.2 Å². The fraction of sp³-hybridized carbons (Fsp3) is 0.846. The zero-order valence-corrected chi connectivity index (χ0v) is 11.5. The van der Waals surface area contributed by atoms with Crippen LogP contribution in [-0.4, -0.2) is 36.7 Å². The van der Waals surface area contributed by atoms with E-state index in [1.807, 2.05) is 20.8 Å². The molecule has 3 atom stereocenters. The number of ether oxygens (including phenoxy) is 1. The van der Waals surface area contributed by atoms with Crippen molar-refractivity contribution in [2.45, 2.75) is 39.7 Å². The zero-order chi connectivity index (χ0) is 13.9. The van der Waals surface area contributed by atoms with Crippen LogP contribution >= 0.6 is 0 Å². The molecule has 5 nitrogen and oxygen atoms in total. The van der Waals surface area contributed by atoms with Gasteiger partial charge < -0.3 is 15.2 Å². The number of carbonyl (C=O) groups is 2. The Morgan fingerprint density at radius 2 is 2.00 bits per heavy atom. The number of rotatable bonds is 7. The Bertz CT molecular complexity index is 321. The van der Waals surface area contributed by atoms with Crippen molar-refractivity contribution in [1.29, 1.82) is 0 Å². The Hall–Kier alpha value is -1.10. The molecule has 1 aliphatic carbocycles. The highest BCUT2D eigenvalue weighted by molar-refractivity contribution is 5.91. The fourth-order valence-corrected chi connectivity index (χ4v) is 2.63. The number of methoxy groups -OCH3 is 1. The van der Waals surface area contributed by atoms with E-state index in [1.165, 1.54) is 0 Å². The van der Waals surface area contributed by atoms with Gasteiger partial charge in [-0.15, -0.1) is 0 Å². The van der Waals surface area contributed by atoms with Crippen molar-refractivity contribution in [3.8, 4) is 0 Å². The van der Waals surface area contributed by atoms with Gasteiger partial charge in [-0.3, -0.25) is 9.59 Å². The molecule has 1 saturated carbocycles. The predicted molar refractivity (Wildman–Crippen MR) is 67.1 cm³/mol. The van der Waals surface area contributed by atoms with Crippen LogP contribution in [0.2, 0.25) is 0 Å². The zero-order valence-electron chi connectivity index (χ0n) is 11.5. The molecule has 0 saturated heterocycles. The van der Waals surface area contributed by atoms with Gasteiger partial charge in [0.1, 0.15) is 0 Å². The van der Waals surface area contributed by atoms with Crippen molar-refractivity contribution in [2.24, 2.45) is 17.3 Å². The van der Waals surface area contributed by atoms with Crippen LogP contribution in [0.3, 0.4) is 0 Å². The molecular formula is C13H23NO4. The van der Waals surface area contributed by atoms with Crippen LogP contribution in [0.5, 0.6) is 0 Å². The summed E-state index contributed by atoms with van der Waals surface area (Å²) < 4.78 is 5.05. The number of carboxylic acid groups (broad SMARTS) is 1. The lowest BCUT2D eigenvalue weighted by Gasteiger charge is -2.17. The summed E-state index contributed by atoms with van der Waals surface area (Å²) in [6.07, 6.45) is 1.79. The third-order valence-electron chi connectivity index (χ3n) is 3.73. The molecule has 0 bridgehead atoms. The van der Waals surface area contributed by atoms with Crippen molar-refractivity contribution in [1.82, 2.24) is 5.32 Å². The highest BCUT2D eigenvalue weighted by Crippen LogP contribution is 2.58. The van der Waals surface area contributed by atoms with E-state index in [2.05, 4.69) is 5.32 Å². The van der Waals surface area contributed by atoms with Crippen LogP contribution < -0.4 is 5.32 Å². The highest BCUT2D eigenvalue weighted by Gasteiger charge is 2.65. The summed E-state index contributed by atoms with van der Waals surface area (Å²) in [7, 11) is 1.59. The minimum atomic E-state index is -0.890. The quantitative estimate of drug-likeness (QED) is 0.720. The second-order valence-corrected chi connectivity index (χ2v) is 5.56. The van der Waals surface area contributed by atoms with E-state index in [-0.39, 0.29) is 11.9 Å². The van der Waals surface area contributed by atoms with Gasteiger partial charge in [-0.1, -0.05) is 27.2 Å². The van der Waals surface area contributed by atoms with E-state index in [1.54, 1.807) is 7.11 Å². The summed E-state index contributed by atoms with van der Waals surface area (Å²) in [5.41, 5.74) is -0.445. The molecule has 0 spiro atoms. The van der Waals surface area contributed by atoms with Gasteiger partial charge in [-0.2, -0.15) is 0 Å². The molecule has 5 heteroatoms. The summed E-state index contributed by atoms with van der Waals surface area (Å²) in [6.45, 7) is 6.14. The topological polar surface area (TPSA) is 75.6 Å². The lowest BCUT2D eigenvalue weighted by molar-refractivity contribution is -0.140. The standard InChI is InChI=1S/C13H23NO4/c1-5-6-8(7-18-4)14-11(15)9-10(12(16)17)13(9,2)3/h8-10H,5-7H2,1-4H3,(H,14,15)(H,16,17). The lowest BCUT2D eigenvalue weighted by atomic mass is 10.1. The van der Waals surface area contributed by atoms with E-state index in [9.17, 15) is 9.59 Å². The fourth-order valence-electron chi connectivity index (χ4n) is 2.63. The van der Waals surface area contributed by atoms with Crippen LogP contribution in [0.25, 0.3) is 0 Å². The summed E-state index contributed by atoms with van der Waals surface area (Å²) in [5, 5.41) is 11.9. The van der Waals surface area contributed by atoms with Gasteiger partial charge in [0.2, 0.25) is 5.91 Å². The van der Waals surface area contributed by atoms with Gasteiger partial charge in [0, 0.05) is 7.11 Å². The van der Waals surface area contributed by atoms with Gasteiger partial charge in [-0.25, -0.2) is 0 Å². The maximum absolute atomic E-state index is 12.1. The summed E-state index contributed by atoms with van der Waals surface area (Å²) in [4.78, 5) is 23.1. The molecule has 2 N–H and O–H groups in total. The van der Waals surface area contributed by atoms with Crippen molar-refractivity contribution < 1.29 is 19.4 Å². The van der Waals surface area contributed by atoms with Crippen LogP contribution in [0.15, 0.2) is 0 Å². The molecule has 0 aromatic carbocycles. The first-order chi connectivity index (χ1) is 8.36. The Kier molecular flexibility index (Phi) is 4.73. The summed E-state index contributed by atoms with van der Waals surface area (Å²) in [5.74, 6) is -2.05. The van der Waals surface area contributed by atoms with Crippen molar-refractivity contribution in [2.75, 3.05) is 13.7 Å². The molecule has 3 unspecified atom stereocenters. The van der Waals surface area contributed by atoms with Gasteiger partial charge in [-0.05, 0) is 11.8 Å². The van der Waals surface area contributed by atoms with Gasteiger partial charge in [0.15, 0.2) is 0 Å². The van der Waals surface area contributed by atoms with E-state index in [0.29, 0.717) is 6.61 Å². The van der Waals surface area contributed by atoms with E-state index in [4.69, 9.17) is 9.84 Å². The number of amides is 1. The summed E-state index contributed by atoms with van der Waals surface area (Å²) >= 11 is 0. The molecule has 0 radical (unpaired) electrons. The maximum atomic E-state index is 12.1. The molecule has 1 rings (SSSR count). The summed E-state index contributed by atoms with van der Waals surface area (Å²) in [6, 6.07) is -0.0293. The highest BCUT2D eigenvalue weighted by atomic mass is 16.5. The van der Waals surface area contributed by atoms with Crippen molar-refractivity contribution in [3.63, 3.8) is 0 Å². The van der Waals surface area contributed by atoms with Gasteiger partial charge in [0.25, 0.3) is 0 Å². The Balaban J connectivity index is 2.58. The van der Waals surface area contributed by atoms with Crippen LogP contribution in [-0.2, 0) is 14.3 Å². The Morgan fingerprint density at radius 1 is 1.39 bits per heavy atom. The van der Waals surface area contributed by atoms with Gasteiger partial charge in [0.05, 0.1) is 24.5 Å². The second-order valence-electron chi connectivity index (χ2n) is 5.56. The number of nitrogens with one attached hydrogen (secondary N) is 1. The van der Waals surface area contributed by atoms with Crippen LogP contribution in [0.1, 0.15) is 33.6 Å². The Labute approximate surface area is 108 Å². The number of carboxylic acids is 1. The SMILES string of the molecule is CCCC(COC)NC(=O)C1C(C(=O)O)C1(C)C. The van der Waals surface area contributed by atoms with Crippen LogP contribution in [0.4, 0.5) is 0 Å². The second kappa shape index (κ2) is 5.69. The molecule has 104 valence electrons. The third kappa shape index (κ3) is 3.02. The number of aliphatic carboxylic acids is 1. The first-order valence-corrected chi connectivity index (χ1v) is 6.38. The average molecular weight is 257 g/mol. The minimum absolute atomic E-state index is 0.0293. The van der Waals surface area contributed by atoms with Crippen molar-refractivity contribution >= 4 is 11.9 Å².